The van der Waals surface area contributed by atoms with Crippen molar-refractivity contribution in [1.82, 2.24) is 4.98 Å². The van der Waals surface area contributed by atoms with Crippen LogP contribution in [0.1, 0.15) is 25.6 Å². The van der Waals surface area contributed by atoms with Gasteiger partial charge in [0.15, 0.2) is 5.79 Å². The summed E-state index contributed by atoms with van der Waals surface area (Å²) in [6, 6.07) is 0. The first kappa shape index (κ1) is 11.4. The maximum atomic E-state index is 5.92. The van der Waals surface area contributed by atoms with E-state index < -0.39 is 5.79 Å². The van der Waals surface area contributed by atoms with Crippen molar-refractivity contribution in [1.29, 1.82) is 0 Å². The molecule has 1 unspecified atom stereocenters. The van der Waals surface area contributed by atoms with E-state index in [0.717, 1.165) is 9.22 Å². The van der Waals surface area contributed by atoms with Gasteiger partial charge in [0.05, 0.1) is 11.5 Å². The van der Waals surface area contributed by atoms with Crippen LogP contribution in [0.15, 0.2) is 10.5 Å². The van der Waals surface area contributed by atoms with E-state index in [0.29, 0.717) is 6.61 Å². The van der Waals surface area contributed by atoms with Crippen LogP contribution >= 0.6 is 23.1 Å². The molecule has 1 saturated heterocycles. The minimum Gasteiger partial charge on any atom is -0.347 e. The molecule has 1 aromatic rings. The highest BCUT2D eigenvalue weighted by atomic mass is 32.2. The minimum atomic E-state index is -0.488. The lowest BCUT2D eigenvalue weighted by Gasteiger charge is -2.23. The highest BCUT2D eigenvalue weighted by molar-refractivity contribution is 8.00. The normalized spacial score (nSPS) is 29.6. The zero-order valence-electron chi connectivity index (χ0n) is 9.36. The van der Waals surface area contributed by atoms with Crippen LogP contribution in [0.2, 0.25) is 0 Å². The third kappa shape index (κ3) is 2.20. The molecule has 3 nitrogen and oxygen atoms in total. The Kier molecular flexibility index (Phi) is 2.83. The molecule has 1 aliphatic heterocycles. The van der Waals surface area contributed by atoms with Gasteiger partial charge in [0.2, 0.25) is 0 Å². The van der Waals surface area contributed by atoms with Crippen LogP contribution in [-0.2, 0) is 15.1 Å². The Morgan fingerprint density at radius 2 is 2.20 bits per heavy atom. The average molecular weight is 245 g/mol. The molecule has 5 heteroatoms. The second-order valence-corrected chi connectivity index (χ2v) is 6.30. The molecular formula is C10H15NO2S2. The largest absolute Gasteiger partial charge is 0.347 e. The Bertz CT molecular complexity index is 364. The molecule has 1 fully saturated rings. The summed E-state index contributed by atoms with van der Waals surface area (Å²) in [7, 11) is 0. The second kappa shape index (κ2) is 3.73. The van der Waals surface area contributed by atoms with E-state index in [2.05, 4.69) is 11.9 Å². The van der Waals surface area contributed by atoms with Gasteiger partial charge in [0.1, 0.15) is 9.94 Å². The van der Waals surface area contributed by atoms with Crippen LogP contribution in [0.25, 0.3) is 0 Å². The molecule has 0 aromatic carbocycles. The molecule has 0 spiro atoms. The van der Waals surface area contributed by atoms with Crippen molar-refractivity contribution in [3.63, 3.8) is 0 Å². The number of hydrogen-bond donors (Lipinski definition) is 0. The van der Waals surface area contributed by atoms with Crippen molar-refractivity contribution >= 4 is 23.1 Å². The first-order valence-corrected chi connectivity index (χ1v) is 6.84. The number of nitrogens with zero attached hydrogens (tertiary/aromatic N) is 1. The quantitative estimate of drug-likeness (QED) is 0.750. The van der Waals surface area contributed by atoms with Crippen molar-refractivity contribution in [2.24, 2.45) is 0 Å². The standard InChI is InChI=1S/C10H15NO2S2/c1-9(2)12-6-10(3,13-9)7-5-11-8(14-4)15-7/h5H,6H2,1-4H3. The predicted molar refractivity (Wildman–Crippen MR) is 62.4 cm³/mol. The molecule has 1 aliphatic rings. The third-order valence-electron chi connectivity index (χ3n) is 2.35. The fraction of sp³-hybridized carbons (Fsp3) is 0.700. The number of aromatic nitrogens is 1. The molecule has 84 valence electrons. The van der Waals surface area contributed by atoms with Crippen LogP contribution < -0.4 is 0 Å². The summed E-state index contributed by atoms with van der Waals surface area (Å²) in [5, 5.41) is 0. The van der Waals surface area contributed by atoms with Crippen LogP contribution in [0.5, 0.6) is 0 Å². The van der Waals surface area contributed by atoms with Crippen molar-refractivity contribution in [2.45, 2.75) is 36.5 Å². The molecule has 1 atom stereocenters. The number of hydrogen-bond acceptors (Lipinski definition) is 5. The number of thiazole rings is 1. The van der Waals surface area contributed by atoms with E-state index in [1.807, 2.05) is 26.3 Å². The lowest BCUT2D eigenvalue weighted by Crippen LogP contribution is -2.27. The topological polar surface area (TPSA) is 31.4 Å². The number of rotatable bonds is 2. The Hall–Kier alpha value is -0.100. The number of thioether (sulfide) groups is 1. The van der Waals surface area contributed by atoms with Crippen molar-refractivity contribution < 1.29 is 9.47 Å². The molecule has 0 radical (unpaired) electrons. The maximum absolute atomic E-state index is 5.92. The van der Waals surface area contributed by atoms with E-state index in [1.54, 1.807) is 23.1 Å². The van der Waals surface area contributed by atoms with Crippen LogP contribution in [0.4, 0.5) is 0 Å². The summed E-state index contributed by atoms with van der Waals surface area (Å²) in [6.07, 6.45) is 3.92. The van der Waals surface area contributed by atoms with Crippen molar-refractivity contribution in [3.8, 4) is 0 Å². The van der Waals surface area contributed by atoms with Gasteiger partial charge in [-0.05, 0) is 27.0 Å². The molecule has 2 heterocycles. The lowest BCUT2D eigenvalue weighted by atomic mass is 10.1. The smallest absolute Gasteiger partial charge is 0.164 e. The monoisotopic (exact) mass is 245 g/mol. The SMILES string of the molecule is CSc1ncc(C2(C)COC(C)(C)O2)s1. The predicted octanol–water partition coefficient (Wildman–Crippen LogP) is 2.86. The zero-order valence-corrected chi connectivity index (χ0v) is 11.0. The maximum Gasteiger partial charge on any atom is 0.164 e. The van der Waals surface area contributed by atoms with Crippen molar-refractivity contribution in [3.05, 3.63) is 11.1 Å². The fourth-order valence-electron chi connectivity index (χ4n) is 1.63. The van der Waals surface area contributed by atoms with Gasteiger partial charge in [-0.25, -0.2) is 4.98 Å². The zero-order chi connectivity index (χ0) is 11.1. The lowest BCUT2D eigenvalue weighted by molar-refractivity contribution is -0.158. The molecule has 2 rings (SSSR count). The van der Waals surface area contributed by atoms with E-state index in [4.69, 9.17) is 9.47 Å². The molecule has 0 N–H and O–H groups in total. The summed E-state index contributed by atoms with van der Waals surface area (Å²) < 4.78 is 12.6. The van der Waals surface area contributed by atoms with Crippen LogP contribution in [0.3, 0.4) is 0 Å². The van der Waals surface area contributed by atoms with Crippen LogP contribution in [-0.4, -0.2) is 23.6 Å². The summed E-state index contributed by atoms with van der Waals surface area (Å²) in [6.45, 7) is 6.53. The molecule has 0 aliphatic carbocycles. The van der Waals surface area contributed by atoms with Gasteiger partial charge < -0.3 is 9.47 Å². The number of ether oxygens (including phenoxy) is 2. The molecule has 0 amide bonds. The van der Waals surface area contributed by atoms with Gasteiger partial charge in [-0.15, -0.1) is 11.3 Å². The first-order valence-electron chi connectivity index (χ1n) is 4.80. The Labute approximate surface area is 98.2 Å². The van der Waals surface area contributed by atoms with Gasteiger partial charge in [-0.2, -0.15) is 0 Å². The Morgan fingerprint density at radius 3 is 2.67 bits per heavy atom. The Balaban J connectivity index is 2.23. The highest BCUT2D eigenvalue weighted by Crippen LogP contribution is 2.41. The summed E-state index contributed by atoms with van der Waals surface area (Å²) in [5.74, 6) is -0.488. The van der Waals surface area contributed by atoms with E-state index in [9.17, 15) is 0 Å². The fourth-order valence-corrected chi connectivity index (χ4v) is 3.11. The van der Waals surface area contributed by atoms with Gasteiger partial charge in [0, 0.05) is 6.20 Å². The molecular weight excluding hydrogens is 230 g/mol. The molecule has 0 saturated carbocycles. The van der Waals surface area contributed by atoms with E-state index in [-0.39, 0.29) is 5.60 Å². The molecule has 1 aromatic heterocycles. The van der Waals surface area contributed by atoms with Gasteiger partial charge in [-0.3, -0.25) is 0 Å². The second-order valence-electron chi connectivity index (χ2n) is 4.22. The van der Waals surface area contributed by atoms with E-state index in [1.165, 1.54) is 0 Å². The van der Waals surface area contributed by atoms with Crippen LogP contribution in [0, 0.1) is 0 Å². The first-order chi connectivity index (χ1) is 6.95. The third-order valence-corrected chi connectivity index (χ3v) is 4.59. The summed E-state index contributed by atoms with van der Waals surface area (Å²) in [4.78, 5) is 5.45. The summed E-state index contributed by atoms with van der Waals surface area (Å²) >= 11 is 3.33. The van der Waals surface area contributed by atoms with Crippen molar-refractivity contribution in [2.75, 3.05) is 12.9 Å². The highest BCUT2D eigenvalue weighted by Gasteiger charge is 2.44. The molecule has 15 heavy (non-hydrogen) atoms. The van der Waals surface area contributed by atoms with Gasteiger partial charge in [-0.1, -0.05) is 11.8 Å². The van der Waals surface area contributed by atoms with Gasteiger partial charge >= 0.3 is 0 Å². The van der Waals surface area contributed by atoms with Gasteiger partial charge in [0.25, 0.3) is 0 Å². The average Bonchev–Trinajstić information content (AvgIpc) is 2.71. The minimum absolute atomic E-state index is 0.338. The molecule has 0 bridgehead atoms. The summed E-state index contributed by atoms with van der Waals surface area (Å²) in [5.41, 5.74) is -0.338. The van der Waals surface area contributed by atoms with E-state index >= 15 is 0 Å². The Morgan fingerprint density at radius 1 is 1.47 bits per heavy atom.